The molecule has 0 bridgehead atoms. The van der Waals surface area contributed by atoms with Crippen molar-refractivity contribution in [3.05, 3.63) is 41.5 Å². The first-order chi connectivity index (χ1) is 18.6. The highest BCUT2D eigenvalue weighted by Gasteiger charge is 2.72. The predicted molar refractivity (Wildman–Crippen MR) is 163 cm³/mol. The van der Waals surface area contributed by atoms with Crippen molar-refractivity contribution >= 4 is 11.5 Å². The predicted octanol–water partition coefficient (Wildman–Crippen LogP) is 8.78. The first kappa shape index (κ1) is 28.5. The van der Waals surface area contributed by atoms with Gasteiger partial charge < -0.3 is 10.2 Å². The van der Waals surface area contributed by atoms with Gasteiger partial charge in [0.05, 0.1) is 11.5 Å². The number of hydrogen-bond acceptors (Lipinski definition) is 2. The Balaban J connectivity index is 1.41. The third kappa shape index (κ3) is 3.42. The summed E-state index contributed by atoms with van der Waals surface area (Å²) in [5.41, 5.74) is 3.29. The number of hydrogen-bond donors (Lipinski definition) is 2. The fourth-order valence-corrected chi connectivity index (χ4v) is 12.5. The summed E-state index contributed by atoms with van der Waals surface area (Å²) in [7, 11) is 0. The standard InChI is InChI=1S/C37H54O3/c1-22(2)25-15-18-37(32(39)40)20-19-34(6)26(31(25)37)13-14-29-35(34,7)17-16-28-33(4,5)27(21-30(38)36(28,29)8)24-11-9-23(3)10-12-24/h9-12,21-22,25-26,28-31,38H,13-20H2,1-8H3,(H,39,40)/t25-,26+,28-,29-,30?,31+,34+,35+,36-,37-/m0/s1. The van der Waals surface area contributed by atoms with Gasteiger partial charge >= 0.3 is 5.97 Å². The Labute approximate surface area is 243 Å². The lowest BCUT2D eigenvalue weighted by Crippen LogP contribution is -2.68. The number of fused-ring (bicyclic) bond motifs is 7. The summed E-state index contributed by atoms with van der Waals surface area (Å²) in [6.07, 6.45) is 10.1. The van der Waals surface area contributed by atoms with Crippen LogP contribution in [0.3, 0.4) is 0 Å². The molecule has 220 valence electrons. The molecule has 0 radical (unpaired) electrons. The number of carboxylic acids is 1. The van der Waals surface area contributed by atoms with E-state index in [2.05, 4.69) is 85.7 Å². The molecule has 1 aromatic rings. The van der Waals surface area contributed by atoms with Gasteiger partial charge in [-0.25, -0.2) is 0 Å². The molecule has 10 atom stereocenters. The van der Waals surface area contributed by atoms with Crippen molar-refractivity contribution < 1.29 is 15.0 Å². The maximum atomic E-state index is 12.9. The van der Waals surface area contributed by atoms with Gasteiger partial charge in [0.1, 0.15) is 0 Å². The second-order valence-corrected chi connectivity index (χ2v) is 16.6. The third-order valence-electron chi connectivity index (χ3n) is 14.8. The van der Waals surface area contributed by atoms with E-state index >= 15 is 0 Å². The highest BCUT2D eigenvalue weighted by Crippen LogP contribution is 2.77. The first-order valence-electron chi connectivity index (χ1n) is 16.4. The summed E-state index contributed by atoms with van der Waals surface area (Å²) in [6, 6.07) is 8.86. The van der Waals surface area contributed by atoms with Crippen LogP contribution in [0.2, 0.25) is 0 Å². The van der Waals surface area contributed by atoms with Gasteiger partial charge in [0.25, 0.3) is 0 Å². The van der Waals surface area contributed by atoms with Crippen LogP contribution in [-0.2, 0) is 4.79 Å². The summed E-state index contributed by atoms with van der Waals surface area (Å²) < 4.78 is 0. The van der Waals surface area contributed by atoms with Crippen molar-refractivity contribution in [1.29, 1.82) is 0 Å². The largest absolute Gasteiger partial charge is 0.481 e. The summed E-state index contributed by atoms with van der Waals surface area (Å²) in [5, 5.41) is 22.8. The molecule has 3 nitrogen and oxygen atoms in total. The molecule has 5 aliphatic rings. The van der Waals surface area contributed by atoms with Crippen molar-refractivity contribution in [1.82, 2.24) is 0 Å². The molecular weight excluding hydrogens is 492 g/mol. The molecule has 3 heteroatoms. The minimum Gasteiger partial charge on any atom is -0.481 e. The second kappa shape index (κ2) is 8.95. The van der Waals surface area contributed by atoms with Crippen molar-refractivity contribution in [2.45, 2.75) is 113 Å². The van der Waals surface area contributed by atoms with Gasteiger partial charge in [-0.2, -0.15) is 0 Å². The van der Waals surface area contributed by atoms with E-state index in [0.717, 1.165) is 44.9 Å². The zero-order valence-corrected chi connectivity index (χ0v) is 26.4. The van der Waals surface area contributed by atoms with Crippen LogP contribution in [0.15, 0.2) is 30.3 Å². The lowest BCUT2D eigenvalue weighted by molar-refractivity contribution is -0.244. The van der Waals surface area contributed by atoms with Crippen LogP contribution >= 0.6 is 0 Å². The number of carbonyl (C=O) groups is 1. The highest BCUT2D eigenvalue weighted by molar-refractivity contribution is 5.76. The van der Waals surface area contributed by atoms with E-state index in [4.69, 9.17) is 0 Å². The van der Waals surface area contributed by atoms with E-state index in [1.54, 1.807) is 0 Å². The lowest BCUT2D eigenvalue weighted by atomic mass is 9.32. The van der Waals surface area contributed by atoms with Gasteiger partial charge in [-0.3, -0.25) is 4.79 Å². The second-order valence-electron chi connectivity index (χ2n) is 16.6. The van der Waals surface area contributed by atoms with Gasteiger partial charge in [-0.15, -0.1) is 0 Å². The number of benzene rings is 1. The Bertz CT molecular complexity index is 1210. The summed E-state index contributed by atoms with van der Waals surface area (Å²) in [4.78, 5) is 12.9. The zero-order chi connectivity index (χ0) is 29.0. The number of carboxylic acid groups (broad SMARTS) is 1. The van der Waals surface area contributed by atoms with Crippen molar-refractivity contribution in [3.8, 4) is 0 Å². The molecule has 1 aromatic carbocycles. The first-order valence-corrected chi connectivity index (χ1v) is 16.4. The smallest absolute Gasteiger partial charge is 0.309 e. The molecule has 0 saturated heterocycles. The fourth-order valence-electron chi connectivity index (χ4n) is 12.5. The van der Waals surface area contributed by atoms with E-state index in [-0.39, 0.29) is 27.6 Å². The lowest BCUT2D eigenvalue weighted by Gasteiger charge is -2.72. The third-order valence-corrected chi connectivity index (χ3v) is 14.8. The molecule has 2 N–H and O–H groups in total. The van der Waals surface area contributed by atoms with Gasteiger partial charge in [-0.1, -0.05) is 84.4 Å². The topological polar surface area (TPSA) is 57.5 Å². The van der Waals surface area contributed by atoms with Gasteiger partial charge in [0, 0.05) is 5.41 Å². The van der Waals surface area contributed by atoms with E-state index in [1.165, 1.54) is 23.1 Å². The van der Waals surface area contributed by atoms with Crippen LogP contribution in [0.25, 0.3) is 5.57 Å². The average Bonchev–Trinajstić information content (AvgIpc) is 3.29. The Hall–Kier alpha value is -1.61. The number of rotatable bonds is 3. The normalized spacial score (nSPS) is 47.5. The molecule has 1 unspecified atom stereocenters. The molecule has 6 rings (SSSR count). The molecule has 4 saturated carbocycles. The number of aryl methyl sites for hydroxylation is 1. The molecule has 0 heterocycles. The van der Waals surface area contributed by atoms with Crippen LogP contribution < -0.4 is 0 Å². The SMILES string of the molecule is Cc1ccc(C2=CC(O)[C@]3(C)[C@H]4CC[C@@H]5[C@H]6[C@H](C(C)C)CC[C@]6(C(=O)O)CC[C@@]5(C)[C@]4(C)CC[C@H]3C2(C)C)cc1. The van der Waals surface area contributed by atoms with E-state index in [9.17, 15) is 15.0 Å². The van der Waals surface area contributed by atoms with Crippen molar-refractivity contribution in [3.63, 3.8) is 0 Å². The maximum Gasteiger partial charge on any atom is 0.309 e. The monoisotopic (exact) mass is 546 g/mol. The molecule has 0 aliphatic heterocycles. The van der Waals surface area contributed by atoms with Gasteiger partial charge in [0.2, 0.25) is 0 Å². The van der Waals surface area contributed by atoms with Crippen molar-refractivity contribution in [2.75, 3.05) is 0 Å². The number of aliphatic hydroxyl groups excluding tert-OH is 1. The Morgan fingerprint density at radius 3 is 2.15 bits per heavy atom. The molecule has 0 spiro atoms. The summed E-state index contributed by atoms with van der Waals surface area (Å²) >= 11 is 0. The maximum absolute atomic E-state index is 12.9. The molecule has 5 aliphatic carbocycles. The zero-order valence-electron chi connectivity index (χ0n) is 26.4. The van der Waals surface area contributed by atoms with E-state index in [1.807, 2.05) is 0 Å². The quantitative estimate of drug-likeness (QED) is 0.398. The fraction of sp³-hybridized carbons (Fsp3) is 0.757. The number of aliphatic carboxylic acids is 1. The van der Waals surface area contributed by atoms with E-state index in [0.29, 0.717) is 29.6 Å². The summed E-state index contributed by atoms with van der Waals surface area (Å²) in [5.74, 6) is 2.09. The van der Waals surface area contributed by atoms with Crippen LogP contribution in [0.4, 0.5) is 0 Å². The van der Waals surface area contributed by atoms with Crippen LogP contribution in [0, 0.1) is 69.5 Å². The summed E-state index contributed by atoms with van der Waals surface area (Å²) in [6.45, 7) is 19.2. The molecule has 0 aromatic heterocycles. The van der Waals surface area contributed by atoms with Gasteiger partial charge in [0.15, 0.2) is 0 Å². The van der Waals surface area contributed by atoms with Crippen molar-refractivity contribution in [2.24, 2.45) is 62.6 Å². The Kier molecular flexibility index (Phi) is 6.38. The van der Waals surface area contributed by atoms with Crippen LogP contribution in [-0.4, -0.2) is 22.3 Å². The Morgan fingerprint density at radius 1 is 0.850 bits per heavy atom. The minimum absolute atomic E-state index is 0.0263. The van der Waals surface area contributed by atoms with E-state index < -0.39 is 17.5 Å². The van der Waals surface area contributed by atoms with Gasteiger partial charge in [-0.05, 0) is 121 Å². The number of allylic oxidation sites excluding steroid dienone is 1. The molecular formula is C37H54O3. The highest BCUT2D eigenvalue weighted by atomic mass is 16.4. The Morgan fingerprint density at radius 2 is 1.52 bits per heavy atom. The van der Waals surface area contributed by atoms with Crippen LogP contribution in [0.1, 0.15) is 111 Å². The average molecular weight is 547 g/mol. The van der Waals surface area contributed by atoms with Crippen LogP contribution in [0.5, 0.6) is 0 Å². The minimum atomic E-state index is -0.526. The molecule has 40 heavy (non-hydrogen) atoms. The molecule has 0 amide bonds. The molecule has 4 fully saturated rings. The number of aliphatic hydroxyl groups is 1.